The van der Waals surface area contributed by atoms with Crippen molar-refractivity contribution in [2.45, 2.75) is 32.6 Å². The summed E-state index contributed by atoms with van der Waals surface area (Å²) in [5, 5.41) is 3.93. The second-order valence-electron chi connectivity index (χ2n) is 4.24. The minimum absolute atomic E-state index is 0.313. The molecule has 0 bridgehead atoms. The molecule has 0 saturated heterocycles. The van der Waals surface area contributed by atoms with Crippen molar-refractivity contribution in [1.29, 1.82) is 0 Å². The molecule has 1 saturated carbocycles. The molecule has 1 aliphatic rings. The molecular weight excluding hydrogens is 180 g/mol. The summed E-state index contributed by atoms with van der Waals surface area (Å²) in [5.74, 6) is 1.98. The predicted octanol–water partition coefficient (Wildman–Crippen LogP) is 2.17. The predicted molar refractivity (Wildman–Crippen MR) is 53.2 cm³/mol. The third kappa shape index (κ3) is 1.84. The van der Waals surface area contributed by atoms with Gasteiger partial charge in [0, 0.05) is 5.92 Å². The van der Waals surface area contributed by atoms with E-state index in [-0.39, 0.29) is 0 Å². The molecule has 1 aromatic heterocycles. The van der Waals surface area contributed by atoms with Crippen LogP contribution < -0.4 is 10.5 Å². The molecule has 0 aliphatic heterocycles. The van der Waals surface area contributed by atoms with E-state index in [4.69, 9.17) is 15.0 Å². The van der Waals surface area contributed by atoms with E-state index < -0.39 is 0 Å². The number of ether oxygens (including phenoxy) is 1. The van der Waals surface area contributed by atoms with E-state index in [0.29, 0.717) is 30.1 Å². The van der Waals surface area contributed by atoms with Crippen LogP contribution in [0.25, 0.3) is 0 Å². The summed E-state index contributed by atoms with van der Waals surface area (Å²) in [7, 11) is 0. The van der Waals surface area contributed by atoms with Gasteiger partial charge in [0.25, 0.3) is 5.88 Å². The summed E-state index contributed by atoms with van der Waals surface area (Å²) in [6.07, 6.45) is 2.34. The molecule has 0 atom stereocenters. The van der Waals surface area contributed by atoms with E-state index >= 15 is 0 Å². The summed E-state index contributed by atoms with van der Waals surface area (Å²) in [4.78, 5) is 0. The van der Waals surface area contributed by atoms with Gasteiger partial charge >= 0.3 is 0 Å². The molecule has 78 valence electrons. The Balaban J connectivity index is 2.09. The van der Waals surface area contributed by atoms with Crippen LogP contribution in [0.5, 0.6) is 5.75 Å². The SMILES string of the molecule is CC(C)COc1c(C2CC2)noc1N. The lowest BCUT2D eigenvalue weighted by molar-refractivity contribution is 0.269. The normalized spacial score (nSPS) is 16.2. The molecule has 1 heterocycles. The fourth-order valence-corrected chi connectivity index (χ4v) is 1.32. The Morgan fingerprint density at radius 3 is 2.86 bits per heavy atom. The lowest BCUT2D eigenvalue weighted by atomic mass is 10.2. The van der Waals surface area contributed by atoms with Gasteiger partial charge in [-0.25, -0.2) is 0 Å². The highest BCUT2D eigenvalue weighted by Crippen LogP contribution is 2.45. The Kier molecular flexibility index (Phi) is 2.35. The molecular formula is C10H16N2O2. The minimum Gasteiger partial charge on any atom is -0.486 e. The number of nitrogens with two attached hydrogens (primary N) is 1. The zero-order chi connectivity index (χ0) is 10.1. The molecule has 2 N–H and O–H groups in total. The third-order valence-electron chi connectivity index (χ3n) is 2.22. The molecule has 1 fully saturated rings. The number of hydrogen-bond acceptors (Lipinski definition) is 4. The van der Waals surface area contributed by atoms with Crippen molar-refractivity contribution in [1.82, 2.24) is 5.16 Å². The van der Waals surface area contributed by atoms with Crippen molar-refractivity contribution < 1.29 is 9.26 Å². The quantitative estimate of drug-likeness (QED) is 0.801. The van der Waals surface area contributed by atoms with E-state index in [1.807, 2.05) is 0 Å². The van der Waals surface area contributed by atoms with Gasteiger partial charge in [0.2, 0.25) is 5.75 Å². The number of hydrogen-bond donors (Lipinski definition) is 1. The molecule has 0 unspecified atom stereocenters. The fourth-order valence-electron chi connectivity index (χ4n) is 1.32. The van der Waals surface area contributed by atoms with E-state index in [9.17, 15) is 0 Å². The topological polar surface area (TPSA) is 61.3 Å². The average molecular weight is 196 g/mol. The maximum Gasteiger partial charge on any atom is 0.264 e. The zero-order valence-electron chi connectivity index (χ0n) is 8.62. The molecule has 0 spiro atoms. The number of rotatable bonds is 4. The van der Waals surface area contributed by atoms with Crippen molar-refractivity contribution >= 4 is 5.88 Å². The lowest BCUT2D eigenvalue weighted by Gasteiger charge is -2.07. The Bertz CT molecular complexity index is 316. The first kappa shape index (κ1) is 9.37. The third-order valence-corrected chi connectivity index (χ3v) is 2.22. The zero-order valence-corrected chi connectivity index (χ0v) is 8.62. The van der Waals surface area contributed by atoms with Gasteiger partial charge < -0.3 is 15.0 Å². The standard InChI is InChI=1S/C10H16N2O2/c1-6(2)5-13-9-8(7-3-4-7)12-14-10(9)11/h6-7H,3-5,11H2,1-2H3. The second kappa shape index (κ2) is 3.52. The summed E-state index contributed by atoms with van der Waals surface area (Å²) in [6, 6.07) is 0. The Hall–Kier alpha value is -1.19. The van der Waals surface area contributed by atoms with Crippen LogP contribution in [0.15, 0.2) is 4.52 Å². The molecule has 1 aliphatic carbocycles. The van der Waals surface area contributed by atoms with Crippen molar-refractivity contribution in [3.63, 3.8) is 0 Å². The van der Waals surface area contributed by atoms with E-state index in [2.05, 4.69) is 19.0 Å². The molecule has 2 rings (SSSR count). The molecule has 0 amide bonds. The summed E-state index contributed by atoms with van der Waals surface area (Å²) >= 11 is 0. The van der Waals surface area contributed by atoms with Crippen LogP contribution in [-0.2, 0) is 0 Å². The van der Waals surface area contributed by atoms with Gasteiger partial charge in [0.05, 0.1) is 6.61 Å². The van der Waals surface area contributed by atoms with Gasteiger partial charge in [-0.1, -0.05) is 19.0 Å². The largest absolute Gasteiger partial charge is 0.486 e. The van der Waals surface area contributed by atoms with Crippen molar-refractivity contribution in [3.8, 4) is 5.75 Å². The van der Waals surface area contributed by atoms with E-state index in [1.165, 1.54) is 12.8 Å². The highest BCUT2D eigenvalue weighted by molar-refractivity contribution is 5.48. The maximum atomic E-state index is 5.64. The van der Waals surface area contributed by atoms with Crippen molar-refractivity contribution in [3.05, 3.63) is 5.69 Å². The summed E-state index contributed by atoms with van der Waals surface area (Å²) in [6.45, 7) is 4.85. The monoisotopic (exact) mass is 196 g/mol. The number of anilines is 1. The fraction of sp³-hybridized carbons (Fsp3) is 0.700. The van der Waals surface area contributed by atoms with Crippen LogP contribution in [0.4, 0.5) is 5.88 Å². The van der Waals surface area contributed by atoms with Crippen LogP contribution >= 0.6 is 0 Å². The van der Waals surface area contributed by atoms with Crippen molar-refractivity contribution in [2.24, 2.45) is 5.92 Å². The van der Waals surface area contributed by atoms with Crippen LogP contribution in [0.1, 0.15) is 38.3 Å². The molecule has 4 heteroatoms. The molecule has 4 nitrogen and oxygen atoms in total. The maximum absolute atomic E-state index is 5.64. The highest BCUT2D eigenvalue weighted by atomic mass is 16.5. The van der Waals surface area contributed by atoms with Gasteiger partial charge in [-0.15, -0.1) is 0 Å². The van der Waals surface area contributed by atoms with Crippen LogP contribution in [0.3, 0.4) is 0 Å². The van der Waals surface area contributed by atoms with E-state index in [1.54, 1.807) is 0 Å². The second-order valence-corrected chi connectivity index (χ2v) is 4.24. The lowest BCUT2D eigenvalue weighted by Crippen LogP contribution is -2.06. The molecule has 0 radical (unpaired) electrons. The highest BCUT2D eigenvalue weighted by Gasteiger charge is 2.32. The molecule has 1 aromatic rings. The average Bonchev–Trinajstić information content (AvgIpc) is 2.88. The first-order chi connectivity index (χ1) is 6.68. The summed E-state index contributed by atoms with van der Waals surface area (Å²) < 4.78 is 10.5. The van der Waals surface area contributed by atoms with Gasteiger partial charge in [0.1, 0.15) is 5.69 Å². The number of aromatic nitrogens is 1. The van der Waals surface area contributed by atoms with Crippen LogP contribution in [0, 0.1) is 5.92 Å². The number of nitrogens with zero attached hydrogens (tertiary/aromatic N) is 1. The summed E-state index contributed by atoms with van der Waals surface area (Å²) in [5.41, 5.74) is 6.54. The smallest absolute Gasteiger partial charge is 0.264 e. The molecule has 0 aromatic carbocycles. The van der Waals surface area contributed by atoms with E-state index in [0.717, 1.165) is 5.69 Å². The van der Waals surface area contributed by atoms with Crippen LogP contribution in [-0.4, -0.2) is 11.8 Å². The Labute approximate surface area is 83.4 Å². The Morgan fingerprint density at radius 2 is 2.29 bits per heavy atom. The minimum atomic E-state index is 0.313. The van der Waals surface area contributed by atoms with Crippen LogP contribution in [0.2, 0.25) is 0 Å². The first-order valence-electron chi connectivity index (χ1n) is 5.06. The van der Waals surface area contributed by atoms with Gasteiger partial charge in [-0.2, -0.15) is 0 Å². The van der Waals surface area contributed by atoms with Gasteiger partial charge in [-0.3, -0.25) is 0 Å². The van der Waals surface area contributed by atoms with Gasteiger partial charge in [0.15, 0.2) is 0 Å². The number of nitrogen functional groups attached to an aromatic ring is 1. The molecule has 14 heavy (non-hydrogen) atoms. The first-order valence-corrected chi connectivity index (χ1v) is 5.06. The van der Waals surface area contributed by atoms with Crippen molar-refractivity contribution in [2.75, 3.05) is 12.3 Å². The van der Waals surface area contributed by atoms with Gasteiger partial charge in [-0.05, 0) is 18.8 Å². The Morgan fingerprint density at radius 1 is 1.57 bits per heavy atom.